The van der Waals surface area contributed by atoms with Crippen LogP contribution in [0.2, 0.25) is 0 Å². The van der Waals surface area contributed by atoms with Crippen LogP contribution in [0.5, 0.6) is 0 Å². The van der Waals surface area contributed by atoms with Crippen LogP contribution in [0.4, 0.5) is 5.69 Å². The van der Waals surface area contributed by atoms with Gasteiger partial charge in [0.05, 0.1) is 17.1 Å². The Hall–Kier alpha value is -1.86. The number of pyridine rings is 1. The second kappa shape index (κ2) is 6.28. The molecule has 0 fully saturated rings. The summed E-state index contributed by atoms with van der Waals surface area (Å²) >= 11 is 0. The van der Waals surface area contributed by atoms with Gasteiger partial charge in [-0.1, -0.05) is 6.07 Å². The summed E-state index contributed by atoms with van der Waals surface area (Å²) in [6.45, 7) is 7.53. The van der Waals surface area contributed by atoms with Crippen LogP contribution in [0.3, 0.4) is 0 Å². The van der Waals surface area contributed by atoms with Gasteiger partial charge in [-0.3, -0.25) is 9.79 Å². The molecule has 0 amide bonds. The first-order valence-electron chi connectivity index (χ1n) is 6.79. The summed E-state index contributed by atoms with van der Waals surface area (Å²) in [5.74, 6) is -0.0376. The van der Waals surface area contributed by atoms with Crippen molar-refractivity contribution in [3.63, 3.8) is 0 Å². The van der Waals surface area contributed by atoms with Crippen molar-refractivity contribution in [3.8, 4) is 0 Å². The van der Waals surface area contributed by atoms with Crippen LogP contribution in [-0.2, 0) is 0 Å². The number of aliphatic imine (C=N–C) groups is 1. The first-order valence-corrected chi connectivity index (χ1v) is 7.36. The zero-order valence-electron chi connectivity index (χ0n) is 12.8. The zero-order valence-corrected chi connectivity index (χ0v) is 13.9. The summed E-state index contributed by atoms with van der Waals surface area (Å²) in [4.78, 5) is 20.5. The first kappa shape index (κ1) is 15.5. The molecular weight excluding hydrogens is 279 g/mol. The van der Waals surface area contributed by atoms with Crippen molar-refractivity contribution in [1.82, 2.24) is 4.98 Å². The molecule has 2 aromatic rings. The van der Waals surface area contributed by atoms with Crippen molar-refractivity contribution in [3.05, 3.63) is 52.8 Å². The van der Waals surface area contributed by atoms with Crippen molar-refractivity contribution >= 4 is 31.7 Å². The third-order valence-corrected chi connectivity index (χ3v) is 3.61. The number of carbonyl (C=O) groups is 1. The average Bonchev–Trinajstić information content (AvgIpc) is 2.42. The third kappa shape index (κ3) is 3.62. The highest BCUT2D eigenvalue weighted by Gasteiger charge is 2.07. The summed E-state index contributed by atoms with van der Waals surface area (Å²) in [6, 6.07) is 9.61. The molecule has 0 aliphatic heterocycles. The van der Waals surface area contributed by atoms with Gasteiger partial charge in [-0.15, -0.1) is 9.24 Å². The Kier molecular flexibility index (Phi) is 4.64. The molecule has 2 rings (SSSR count). The molecule has 0 saturated carbocycles. The standard InChI is InChI=1S/C17H19N2OP/c1-10-8-14(21)9-11(2)17(10)18-12(3)15-6-5-7-16(19-15)13(4)20/h5-9H,21H2,1-4H3. The Morgan fingerprint density at radius 1 is 1.10 bits per heavy atom. The highest BCUT2D eigenvalue weighted by molar-refractivity contribution is 7.27. The van der Waals surface area contributed by atoms with E-state index < -0.39 is 0 Å². The Morgan fingerprint density at radius 2 is 1.67 bits per heavy atom. The molecule has 0 N–H and O–H groups in total. The van der Waals surface area contributed by atoms with Gasteiger partial charge in [0, 0.05) is 6.92 Å². The lowest BCUT2D eigenvalue weighted by Crippen LogP contribution is -2.04. The van der Waals surface area contributed by atoms with Crippen LogP contribution < -0.4 is 5.30 Å². The number of aryl methyl sites for hydroxylation is 2. The molecule has 0 bridgehead atoms. The number of hydrogen-bond donors (Lipinski definition) is 0. The van der Waals surface area contributed by atoms with E-state index in [9.17, 15) is 4.79 Å². The molecule has 0 aliphatic rings. The van der Waals surface area contributed by atoms with Gasteiger partial charge in [-0.25, -0.2) is 4.98 Å². The maximum absolute atomic E-state index is 11.4. The van der Waals surface area contributed by atoms with Crippen LogP contribution in [0, 0.1) is 13.8 Å². The predicted molar refractivity (Wildman–Crippen MR) is 91.4 cm³/mol. The molecule has 1 heterocycles. The van der Waals surface area contributed by atoms with Crippen molar-refractivity contribution in [1.29, 1.82) is 0 Å². The molecule has 0 radical (unpaired) electrons. The number of aromatic nitrogens is 1. The average molecular weight is 298 g/mol. The van der Waals surface area contributed by atoms with Gasteiger partial charge in [0.2, 0.25) is 0 Å². The van der Waals surface area contributed by atoms with Gasteiger partial charge in [0.1, 0.15) is 5.69 Å². The fourth-order valence-corrected chi connectivity index (χ4v) is 2.72. The van der Waals surface area contributed by atoms with Crippen molar-refractivity contribution in [2.24, 2.45) is 4.99 Å². The minimum atomic E-state index is -0.0376. The monoisotopic (exact) mass is 298 g/mol. The maximum Gasteiger partial charge on any atom is 0.178 e. The number of carbonyl (C=O) groups excluding carboxylic acids is 1. The Bertz CT molecular complexity index is 712. The van der Waals surface area contributed by atoms with Gasteiger partial charge in [-0.2, -0.15) is 0 Å². The van der Waals surface area contributed by atoms with E-state index in [0.29, 0.717) is 5.69 Å². The molecule has 0 spiro atoms. The summed E-state index contributed by atoms with van der Waals surface area (Å²) in [7, 11) is 2.71. The van der Waals surface area contributed by atoms with E-state index in [1.165, 1.54) is 6.92 Å². The van der Waals surface area contributed by atoms with Crippen molar-refractivity contribution in [2.45, 2.75) is 27.7 Å². The van der Waals surface area contributed by atoms with E-state index >= 15 is 0 Å². The number of rotatable bonds is 3. The van der Waals surface area contributed by atoms with Gasteiger partial charge < -0.3 is 0 Å². The number of benzene rings is 1. The molecule has 1 aromatic carbocycles. The highest BCUT2D eigenvalue weighted by atomic mass is 31.0. The predicted octanol–water partition coefficient (Wildman–Crippen LogP) is 3.54. The second-order valence-corrected chi connectivity index (χ2v) is 5.83. The minimum absolute atomic E-state index is 0.0376. The first-order chi connectivity index (χ1) is 9.88. The van der Waals surface area contributed by atoms with E-state index in [4.69, 9.17) is 4.99 Å². The fourth-order valence-electron chi connectivity index (χ4n) is 2.22. The van der Waals surface area contributed by atoms with Crippen LogP contribution in [-0.4, -0.2) is 16.5 Å². The lowest BCUT2D eigenvalue weighted by Gasteiger charge is -2.08. The second-order valence-electron chi connectivity index (χ2n) is 5.16. The largest absolute Gasteiger partial charge is 0.293 e. The molecule has 21 heavy (non-hydrogen) atoms. The molecule has 1 unspecified atom stereocenters. The fraction of sp³-hybridized carbons (Fsp3) is 0.235. The van der Waals surface area contributed by atoms with E-state index in [1.54, 1.807) is 6.07 Å². The highest BCUT2D eigenvalue weighted by Crippen LogP contribution is 2.24. The van der Waals surface area contributed by atoms with E-state index in [1.807, 2.05) is 32.9 Å². The quantitative estimate of drug-likeness (QED) is 0.494. The molecule has 3 nitrogen and oxygen atoms in total. The van der Waals surface area contributed by atoms with E-state index in [0.717, 1.165) is 33.5 Å². The molecule has 0 saturated heterocycles. The van der Waals surface area contributed by atoms with E-state index in [-0.39, 0.29) is 5.78 Å². The van der Waals surface area contributed by atoms with Gasteiger partial charge in [0.25, 0.3) is 0 Å². The Labute approximate surface area is 127 Å². The smallest absolute Gasteiger partial charge is 0.178 e. The topological polar surface area (TPSA) is 42.3 Å². The minimum Gasteiger partial charge on any atom is -0.293 e. The van der Waals surface area contributed by atoms with E-state index in [2.05, 4.69) is 26.4 Å². The van der Waals surface area contributed by atoms with Crippen molar-refractivity contribution < 1.29 is 4.79 Å². The van der Waals surface area contributed by atoms with Gasteiger partial charge in [0.15, 0.2) is 5.78 Å². The summed E-state index contributed by atoms with van der Waals surface area (Å²) in [5, 5.41) is 1.15. The normalized spacial score (nSPS) is 11.6. The SMILES string of the molecule is CC(=O)c1cccc(C(C)=Nc2c(C)cc(P)cc2C)n1. The Morgan fingerprint density at radius 3 is 2.24 bits per heavy atom. The molecule has 1 aromatic heterocycles. The van der Waals surface area contributed by atoms with Crippen LogP contribution in [0.1, 0.15) is 41.2 Å². The number of ketones is 1. The zero-order chi connectivity index (χ0) is 15.6. The molecule has 0 aliphatic carbocycles. The van der Waals surface area contributed by atoms with Gasteiger partial charge in [-0.05, 0) is 61.5 Å². The third-order valence-electron chi connectivity index (χ3n) is 3.27. The van der Waals surface area contributed by atoms with Crippen LogP contribution in [0.25, 0.3) is 0 Å². The lowest BCUT2D eigenvalue weighted by atomic mass is 10.1. The number of hydrogen-bond acceptors (Lipinski definition) is 3. The van der Waals surface area contributed by atoms with Crippen LogP contribution in [0.15, 0.2) is 35.3 Å². The molecular formula is C17H19N2OP. The summed E-state index contributed by atoms with van der Waals surface area (Å²) < 4.78 is 0. The summed E-state index contributed by atoms with van der Waals surface area (Å²) in [5.41, 5.74) is 5.23. The Balaban J connectivity index is 2.47. The maximum atomic E-state index is 11.4. The molecule has 4 heteroatoms. The summed E-state index contributed by atoms with van der Waals surface area (Å²) in [6.07, 6.45) is 0. The number of Topliss-reactive ketones (excluding diaryl/α,β-unsaturated/α-hetero) is 1. The number of nitrogens with zero attached hydrogens (tertiary/aromatic N) is 2. The van der Waals surface area contributed by atoms with Gasteiger partial charge >= 0.3 is 0 Å². The lowest BCUT2D eigenvalue weighted by molar-refractivity contribution is 0.101. The van der Waals surface area contributed by atoms with Crippen LogP contribution >= 0.6 is 9.24 Å². The molecule has 108 valence electrons. The van der Waals surface area contributed by atoms with Crippen molar-refractivity contribution in [2.75, 3.05) is 0 Å². The molecule has 1 atom stereocenters.